The first-order chi connectivity index (χ1) is 15.2. The number of nitro benzene ring substituents is 1. The lowest BCUT2D eigenvalue weighted by molar-refractivity contribution is -0.385. The van der Waals surface area contributed by atoms with E-state index in [0.717, 1.165) is 11.6 Å². The van der Waals surface area contributed by atoms with Crippen molar-refractivity contribution in [1.82, 2.24) is 0 Å². The Balaban J connectivity index is 1.97. The van der Waals surface area contributed by atoms with Crippen molar-refractivity contribution in [3.05, 3.63) is 87.4 Å². The van der Waals surface area contributed by atoms with Crippen molar-refractivity contribution in [2.24, 2.45) is 5.10 Å². The van der Waals surface area contributed by atoms with Gasteiger partial charge >= 0.3 is 0 Å². The minimum absolute atomic E-state index is 0.0688. The molecule has 0 radical (unpaired) electrons. The molecule has 0 atom stereocenters. The molecule has 0 aliphatic heterocycles. The van der Waals surface area contributed by atoms with E-state index in [4.69, 9.17) is 16.3 Å². The fraction of sp³-hybridized carbons (Fsp3) is 0.0952. The van der Waals surface area contributed by atoms with Crippen LogP contribution in [0.25, 0.3) is 0 Å². The Bertz CT molecular complexity index is 1280. The molecule has 0 aliphatic carbocycles. The zero-order chi connectivity index (χ0) is 23.3. The van der Waals surface area contributed by atoms with Gasteiger partial charge in [-0.1, -0.05) is 23.7 Å². The summed E-state index contributed by atoms with van der Waals surface area (Å²) in [5.74, 6) is 0.641. The molecule has 0 spiro atoms. The first-order valence-electron chi connectivity index (χ1n) is 9.21. The lowest BCUT2D eigenvalue weighted by Gasteiger charge is -2.13. The molecule has 3 aromatic rings. The number of halogens is 1. The van der Waals surface area contributed by atoms with Gasteiger partial charge in [-0.2, -0.15) is 5.10 Å². The van der Waals surface area contributed by atoms with Gasteiger partial charge in [0.2, 0.25) is 0 Å². The number of hydrogen-bond acceptors (Lipinski definition) is 7. The van der Waals surface area contributed by atoms with Crippen LogP contribution < -0.4 is 14.9 Å². The molecule has 0 heterocycles. The van der Waals surface area contributed by atoms with E-state index in [1.165, 1.54) is 36.4 Å². The van der Waals surface area contributed by atoms with E-state index in [-0.39, 0.29) is 22.0 Å². The second-order valence-electron chi connectivity index (χ2n) is 6.59. The van der Waals surface area contributed by atoms with Gasteiger partial charge in [0.05, 0.1) is 23.4 Å². The number of ether oxygens (including phenoxy) is 1. The average Bonchev–Trinajstić information content (AvgIpc) is 2.78. The van der Waals surface area contributed by atoms with E-state index in [1.807, 2.05) is 6.07 Å². The third kappa shape index (κ3) is 5.54. The molecular formula is C21H19ClN4O5S. The summed E-state index contributed by atoms with van der Waals surface area (Å²) in [6, 6.07) is 16.6. The van der Waals surface area contributed by atoms with Crippen LogP contribution in [0, 0.1) is 10.1 Å². The van der Waals surface area contributed by atoms with Crippen LogP contribution in [0.15, 0.2) is 76.7 Å². The van der Waals surface area contributed by atoms with Crippen LogP contribution in [0.1, 0.15) is 12.5 Å². The first kappa shape index (κ1) is 23.0. The number of nitrogens with one attached hydrogen (secondary N) is 2. The molecule has 0 aromatic heterocycles. The summed E-state index contributed by atoms with van der Waals surface area (Å²) in [5.41, 5.74) is 3.95. The van der Waals surface area contributed by atoms with Crippen molar-refractivity contribution in [2.45, 2.75) is 11.8 Å². The Morgan fingerprint density at radius 3 is 2.47 bits per heavy atom. The minimum atomic E-state index is -4.19. The van der Waals surface area contributed by atoms with Crippen molar-refractivity contribution in [3.63, 3.8) is 0 Å². The maximum absolute atomic E-state index is 13.0. The van der Waals surface area contributed by atoms with Gasteiger partial charge in [0, 0.05) is 28.4 Å². The Labute approximate surface area is 189 Å². The van der Waals surface area contributed by atoms with E-state index < -0.39 is 14.9 Å². The summed E-state index contributed by atoms with van der Waals surface area (Å²) in [6.07, 6.45) is 0. The van der Waals surface area contributed by atoms with Gasteiger partial charge in [-0.15, -0.1) is 0 Å². The van der Waals surface area contributed by atoms with Crippen LogP contribution in [-0.2, 0) is 10.0 Å². The highest BCUT2D eigenvalue weighted by atomic mass is 35.5. The van der Waals surface area contributed by atoms with Gasteiger partial charge in [0.1, 0.15) is 10.6 Å². The second kappa shape index (κ2) is 9.67. The van der Waals surface area contributed by atoms with Gasteiger partial charge in [-0.25, -0.2) is 8.42 Å². The molecule has 3 aromatic carbocycles. The fourth-order valence-electron chi connectivity index (χ4n) is 2.72. The second-order valence-corrected chi connectivity index (χ2v) is 8.68. The Morgan fingerprint density at radius 1 is 1.09 bits per heavy atom. The topological polar surface area (TPSA) is 123 Å². The van der Waals surface area contributed by atoms with Crippen molar-refractivity contribution in [2.75, 3.05) is 17.3 Å². The maximum Gasteiger partial charge on any atom is 0.270 e. The molecule has 0 bridgehead atoms. The number of hydrogen-bond donors (Lipinski definition) is 2. The number of nitro groups is 1. The van der Waals surface area contributed by atoms with Crippen LogP contribution >= 0.6 is 11.6 Å². The van der Waals surface area contributed by atoms with Crippen LogP contribution in [0.2, 0.25) is 5.02 Å². The molecule has 9 nitrogen and oxygen atoms in total. The number of hydrazone groups is 1. The van der Waals surface area contributed by atoms with E-state index >= 15 is 0 Å². The zero-order valence-corrected chi connectivity index (χ0v) is 18.6. The smallest absolute Gasteiger partial charge is 0.270 e. The van der Waals surface area contributed by atoms with E-state index in [0.29, 0.717) is 16.5 Å². The largest absolute Gasteiger partial charge is 0.497 e. The number of sulfonamides is 1. The molecular weight excluding hydrogens is 456 g/mol. The molecule has 166 valence electrons. The average molecular weight is 475 g/mol. The van der Waals surface area contributed by atoms with Gasteiger partial charge in [0.25, 0.3) is 15.7 Å². The molecule has 0 saturated carbocycles. The summed E-state index contributed by atoms with van der Waals surface area (Å²) < 4.78 is 33.6. The molecule has 0 amide bonds. The van der Waals surface area contributed by atoms with Gasteiger partial charge in [0.15, 0.2) is 0 Å². The third-order valence-electron chi connectivity index (χ3n) is 4.39. The highest BCUT2D eigenvalue weighted by Crippen LogP contribution is 2.29. The van der Waals surface area contributed by atoms with Crippen molar-refractivity contribution in [1.29, 1.82) is 0 Å². The first-order valence-corrected chi connectivity index (χ1v) is 11.1. The lowest BCUT2D eigenvalue weighted by atomic mass is 10.1. The number of methoxy groups -OCH3 is 1. The number of benzene rings is 3. The molecule has 0 aliphatic rings. The summed E-state index contributed by atoms with van der Waals surface area (Å²) in [4.78, 5) is 10.2. The highest BCUT2D eigenvalue weighted by Gasteiger charge is 2.23. The Hall–Kier alpha value is -3.63. The summed E-state index contributed by atoms with van der Waals surface area (Å²) in [7, 11) is -2.64. The predicted octanol–water partition coefficient (Wildman–Crippen LogP) is 4.89. The quantitative estimate of drug-likeness (QED) is 0.272. The van der Waals surface area contributed by atoms with Gasteiger partial charge in [-0.05, 0) is 49.4 Å². The molecule has 0 fully saturated rings. The van der Waals surface area contributed by atoms with Gasteiger partial charge < -0.3 is 4.74 Å². The predicted molar refractivity (Wildman–Crippen MR) is 124 cm³/mol. The normalized spacial score (nSPS) is 11.7. The maximum atomic E-state index is 13.0. The number of anilines is 2. The number of non-ortho nitro benzene ring substituents is 1. The SMILES string of the molecule is COc1cccc(C(C)=NNc2ccc([N+](=O)[O-])cc2S(=O)(=O)Nc2ccc(Cl)cc2)c1. The van der Waals surface area contributed by atoms with Crippen molar-refractivity contribution in [3.8, 4) is 5.75 Å². The zero-order valence-electron chi connectivity index (χ0n) is 17.1. The van der Waals surface area contributed by atoms with Crippen LogP contribution in [0.5, 0.6) is 5.75 Å². The Kier molecular flexibility index (Phi) is 6.96. The molecule has 11 heteroatoms. The molecule has 3 rings (SSSR count). The molecule has 0 unspecified atom stereocenters. The van der Waals surface area contributed by atoms with Crippen molar-refractivity contribution < 1.29 is 18.1 Å². The minimum Gasteiger partial charge on any atom is -0.497 e. The van der Waals surface area contributed by atoms with E-state index in [9.17, 15) is 18.5 Å². The molecule has 32 heavy (non-hydrogen) atoms. The molecule has 2 N–H and O–H groups in total. The van der Waals surface area contributed by atoms with Crippen LogP contribution in [0.4, 0.5) is 17.1 Å². The van der Waals surface area contributed by atoms with E-state index in [2.05, 4.69) is 15.2 Å². The summed E-state index contributed by atoms with van der Waals surface area (Å²) >= 11 is 5.84. The van der Waals surface area contributed by atoms with Crippen LogP contribution in [-0.4, -0.2) is 26.2 Å². The van der Waals surface area contributed by atoms with Crippen LogP contribution in [0.3, 0.4) is 0 Å². The summed E-state index contributed by atoms with van der Waals surface area (Å²) in [6.45, 7) is 1.73. The monoisotopic (exact) mass is 474 g/mol. The lowest BCUT2D eigenvalue weighted by Crippen LogP contribution is -2.15. The Morgan fingerprint density at radius 2 is 1.81 bits per heavy atom. The standard InChI is InChI=1S/C21H19ClN4O5S/c1-14(15-4-3-5-19(12-15)31-2)23-24-20-11-10-18(26(27)28)13-21(20)32(29,30)25-17-8-6-16(22)7-9-17/h3-13,24-25H,1-2H3. The van der Waals surface area contributed by atoms with Crippen molar-refractivity contribution >= 4 is 44.4 Å². The molecule has 0 saturated heterocycles. The number of rotatable bonds is 8. The fourth-order valence-corrected chi connectivity index (χ4v) is 4.09. The summed E-state index contributed by atoms with van der Waals surface area (Å²) in [5, 5.41) is 15.9. The highest BCUT2D eigenvalue weighted by molar-refractivity contribution is 7.92. The van der Waals surface area contributed by atoms with E-state index in [1.54, 1.807) is 32.2 Å². The number of nitrogens with zero attached hydrogens (tertiary/aromatic N) is 2. The van der Waals surface area contributed by atoms with Gasteiger partial charge in [-0.3, -0.25) is 20.3 Å². The third-order valence-corrected chi connectivity index (χ3v) is 6.07.